The maximum absolute atomic E-state index is 12.4. The molecule has 1 N–H and O–H groups in total. The van der Waals surface area contributed by atoms with E-state index in [9.17, 15) is 4.79 Å². The van der Waals surface area contributed by atoms with E-state index in [0.29, 0.717) is 18.3 Å². The minimum atomic E-state index is -0.103. The highest BCUT2D eigenvalue weighted by molar-refractivity contribution is 5.55. The topological polar surface area (TPSA) is 64.7 Å². The van der Waals surface area contributed by atoms with Crippen molar-refractivity contribution in [3.63, 3.8) is 0 Å². The second kappa shape index (κ2) is 7.12. The van der Waals surface area contributed by atoms with Gasteiger partial charge in [-0.2, -0.15) is 0 Å². The zero-order chi connectivity index (χ0) is 16.9. The number of hydrogen-bond acceptors (Lipinski definition) is 4. The molecule has 6 nitrogen and oxygen atoms in total. The minimum absolute atomic E-state index is 0.103. The molecule has 0 unspecified atom stereocenters. The number of imidazole rings is 1. The van der Waals surface area contributed by atoms with E-state index < -0.39 is 0 Å². The number of aromatic nitrogens is 4. The third-order valence-electron chi connectivity index (χ3n) is 3.62. The summed E-state index contributed by atoms with van der Waals surface area (Å²) < 4.78 is 3.69. The molecule has 0 atom stereocenters. The maximum atomic E-state index is 12.4. The largest absolute Gasteiger partial charge is 0.336 e. The van der Waals surface area contributed by atoms with Crippen LogP contribution in [0.25, 0.3) is 0 Å². The molecule has 2 aromatic heterocycles. The first kappa shape index (κ1) is 16.0. The highest BCUT2D eigenvalue weighted by Crippen LogP contribution is 2.14. The lowest BCUT2D eigenvalue weighted by Gasteiger charge is -2.11. The smallest absolute Gasteiger partial charge is 0.293 e. The average Bonchev–Trinajstić information content (AvgIpc) is 3.06. The van der Waals surface area contributed by atoms with Crippen LogP contribution in [0.3, 0.4) is 0 Å². The van der Waals surface area contributed by atoms with Crippen molar-refractivity contribution in [2.75, 3.05) is 5.32 Å². The quantitative estimate of drug-likeness (QED) is 0.757. The molecule has 6 heteroatoms. The molecule has 0 fully saturated rings. The molecule has 0 bridgehead atoms. The van der Waals surface area contributed by atoms with E-state index in [4.69, 9.17) is 0 Å². The van der Waals surface area contributed by atoms with Crippen LogP contribution in [0.5, 0.6) is 0 Å². The van der Waals surface area contributed by atoms with Crippen LogP contribution >= 0.6 is 0 Å². The van der Waals surface area contributed by atoms with E-state index in [-0.39, 0.29) is 5.56 Å². The van der Waals surface area contributed by atoms with Crippen LogP contribution in [0.4, 0.5) is 11.5 Å². The van der Waals surface area contributed by atoms with E-state index in [1.165, 1.54) is 0 Å². The van der Waals surface area contributed by atoms with Crippen molar-refractivity contribution in [3.05, 3.63) is 71.3 Å². The van der Waals surface area contributed by atoms with Crippen molar-refractivity contribution in [2.45, 2.75) is 26.9 Å². The summed E-state index contributed by atoms with van der Waals surface area (Å²) in [7, 11) is 0. The van der Waals surface area contributed by atoms with Crippen molar-refractivity contribution in [1.82, 2.24) is 19.1 Å². The Balaban J connectivity index is 1.73. The summed E-state index contributed by atoms with van der Waals surface area (Å²) in [5.41, 5.74) is 1.90. The van der Waals surface area contributed by atoms with E-state index in [1.807, 2.05) is 35.0 Å². The molecular formula is C18H21N5O. The summed E-state index contributed by atoms with van der Waals surface area (Å²) in [6.07, 6.45) is 8.86. The van der Waals surface area contributed by atoms with Gasteiger partial charge >= 0.3 is 0 Å². The van der Waals surface area contributed by atoms with E-state index in [0.717, 1.165) is 17.8 Å². The van der Waals surface area contributed by atoms with Gasteiger partial charge < -0.3 is 14.5 Å². The van der Waals surface area contributed by atoms with Gasteiger partial charge in [0.2, 0.25) is 0 Å². The fourth-order valence-electron chi connectivity index (χ4n) is 2.49. The minimum Gasteiger partial charge on any atom is -0.336 e. The monoisotopic (exact) mass is 323 g/mol. The van der Waals surface area contributed by atoms with E-state index in [2.05, 4.69) is 29.1 Å². The van der Waals surface area contributed by atoms with Gasteiger partial charge in [-0.1, -0.05) is 26.0 Å². The average molecular weight is 323 g/mol. The Bertz CT molecular complexity index is 835. The first-order valence-electron chi connectivity index (χ1n) is 7.99. The maximum Gasteiger partial charge on any atom is 0.293 e. The molecule has 3 aromatic rings. The number of hydrogen-bond donors (Lipinski definition) is 1. The number of benzene rings is 1. The fraction of sp³-hybridized carbons (Fsp3) is 0.278. The molecule has 0 aliphatic rings. The van der Waals surface area contributed by atoms with Gasteiger partial charge in [-0.05, 0) is 23.6 Å². The van der Waals surface area contributed by atoms with Crippen LogP contribution in [0, 0.1) is 5.92 Å². The Labute approximate surface area is 140 Å². The Kier molecular flexibility index (Phi) is 4.74. The summed E-state index contributed by atoms with van der Waals surface area (Å²) in [4.78, 5) is 20.6. The number of nitrogens with one attached hydrogen (secondary N) is 1. The van der Waals surface area contributed by atoms with Crippen LogP contribution in [-0.2, 0) is 13.1 Å². The van der Waals surface area contributed by atoms with Gasteiger partial charge in [0.1, 0.15) is 0 Å². The van der Waals surface area contributed by atoms with Gasteiger partial charge in [0.05, 0.1) is 6.33 Å². The number of nitrogens with zero attached hydrogens (tertiary/aromatic N) is 4. The normalized spacial score (nSPS) is 11.0. The predicted octanol–water partition coefficient (Wildman–Crippen LogP) is 2.89. The molecule has 3 rings (SSSR count). The molecule has 0 aliphatic carbocycles. The highest BCUT2D eigenvalue weighted by Gasteiger charge is 2.06. The molecule has 0 saturated heterocycles. The first-order valence-corrected chi connectivity index (χ1v) is 7.99. The zero-order valence-electron chi connectivity index (χ0n) is 13.9. The molecule has 0 aliphatic heterocycles. The standard InChI is InChI=1S/C18H21N5O/c1-14(2)11-23-10-8-20-17(18(23)24)21-16-5-3-15(4-6-16)12-22-9-7-19-13-22/h3-10,13-14H,11-12H2,1-2H3,(H,20,21). The molecule has 2 heterocycles. The second-order valence-electron chi connectivity index (χ2n) is 6.18. The fourth-order valence-corrected chi connectivity index (χ4v) is 2.49. The molecule has 0 radical (unpaired) electrons. The van der Waals surface area contributed by atoms with Crippen LogP contribution in [0.2, 0.25) is 0 Å². The van der Waals surface area contributed by atoms with Gasteiger partial charge in [-0.15, -0.1) is 0 Å². The summed E-state index contributed by atoms with van der Waals surface area (Å²) >= 11 is 0. The first-order chi connectivity index (χ1) is 11.6. The molecule has 0 amide bonds. The molecule has 1 aromatic carbocycles. The summed E-state index contributed by atoms with van der Waals surface area (Å²) in [5.74, 6) is 0.751. The lowest BCUT2D eigenvalue weighted by molar-refractivity contribution is 0.510. The molecule has 0 spiro atoms. The Morgan fingerprint density at radius 1 is 1.12 bits per heavy atom. The Hall–Kier alpha value is -2.89. The van der Waals surface area contributed by atoms with Gasteiger partial charge in [0, 0.05) is 43.6 Å². The second-order valence-corrected chi connectivity index (χ2v) is 6.18. The molecule has 0 saturated carbocycles. The SMILES string of the molecule is CC(C)Cn1ccnc(Nc2ccc(Cn3ccnc3)cc2)c1=O. The van der Waals surface area contributed by atoms with E-state index in [1.54, 1.807) is 29.5 Å². The van der Waals surface area contributed by atoms with Crippen molar-refractivity contribution < 1.29 is 0 Å². The third-order valence-corrected chi connectivity index (χ3v) is 3.62. The number of anilines is 2. The summed E-state index contributed by atoms with van der Waals surface area (Å²) in [6, 6.07) is 7.95. The van der Waals surface area contributed by atoms with Crippen molar-refractivity contribution in [1.29, 1.82) is 0 Å². The van der Waals surface area contributed by atoms with Gasteiger partial charge in [0.15, 0.2) is 5.82 Å². The van der Waals surface area contributed by atoms with Crippen molar-refractivity contribution >= 4 is 11.5 Å². The third kappa shape index (κ3) is 3.90. The van der Waals surface area contributed by atoms with Crippen LogP contribution < -0.4 is 10.9 Å². The van der Waals surface area contributed by atoms with E-state index >= 15 is 0 Å². The summed E-state index contributed by atoms with van der Waals surface area (Å²) in [5, 5.41) is 3.11. The Morgan fingerprint density at radius 3 is 2.58 bits per heavy atom. The van der Waals surface area contributed by atoms with Crippen LogP contribution in [0.1, 0.15) is 19.4 Å². The molecular weight excluding hydrogens is 302 g/mol. The lowest BCUT2D eigenvalue weighted by Crippen LogP contribution is -2.24. The molecule has 124 valence electrons. The predicted molar refractivity (Wildman–Crippen MR) is 94.4 cm³/mol. The molecule has 24 heavy (non-hydrogen) atoms. The zero-order valence-corrected chi connectivity index (χ0v) is 13.9. The Morgan fingerprint density at radius 2 is 1.92 bits per heavy atom. The van der Waals surface area contributed by atoms with Gasteiger partial charge in [0.25, 0.3) is 5.56 Å². The van der Waals surface area contributed by atoms with Gasteiger partial charge in [-0.3, -0.25) is 4.79 Å². The van der Waals surface area contributed by atoms with Crippen LogP contribution in [0.15, 0.2) is 60.2 Å². The van der Waals surface area contributed by atoms with Crippen molar-refractivity contribution in [3.8, 4) is 0 Å². The lowest BCUT2D eigenvalue weighted by atomic mass is 10.2. The summed E-state index contributed by atoms with van der Waals surface area (Å²) in [6.45, 7) is 5.61. The highest BCUT2D eigenvalue weighted by atomic mass is 16.1. The van der Waals surface area contributed by atoms with Crippen molar-refractivity contribution in [2.24, 2.45) is 5.92 Å². The van der Waals surface area contributed by atoms with Crippen LogP contribution in [-0.4, -0.2) is 19.1 Å². The van der Waals surface area contributed by atoms with Gasteiger partial charge in [-0.25, -0.2) is 9.97 Å². The number of rotatable bonds is 6.